The maximum Gasteiger partial charge on any atom is 0.332 e. The van der Waals surface area contributed by atoms with E-state index in [4.69, 9.17) is 11.6 Å². The van der Waals surface area contributed by atoms with E-state index < -0.39 is 23.9 Å². The zero-order valence-corrected chi connectivity index (χ0v) is 16.0. The molecule has 1 aromatic carbocycles. The third kappa shape index (κ3) is 3.31. The first kappa shape index (κ1) is 18.7. The number of hydrogen-bond donors (Lipinski definition) is 1. The Kier molecular flexibility index (Phi) is 4.94. The van der Waals surface area contributed by atoms with Crippen molar-refractivity contribution in [3.63, 3.8) is 0 Å². The van der Waals surface area contributed by atoms with E-state index >= 15 is 0 Å². The molecule has 4 amide bonds. The maximum atomic E-state index is 13.2. The molecule has 2 saturated heterocycles. The number of urea groups is 1. The molecule has 0 bridgehead atoms. The number of benzene rings is 1. The number of halogens is 2. The van der Waals surface area contributed by atoms with Gasteiger partial charge in [0.1, 0.15) is 11.7 Å². The summed E-state index contributed by atoms with van der Waals surface area (Å²) in [7, 11) is 0. The van der Waals surface area contributed by atoms with Gasteiger partial charge >= 0.3 is 6.03 Å². The normalized spacial score (nSPS) is 19.0. The molecule has 2 aliphatic heterocycles. The van der Waals surface area contributed by atoms with Crippen LogP contribution in [0.5, 0.6) is 0 Å². The quantitative estimate of drug-likeness (QED) is 0.609. The van der Waals surface area contributed by atoms with Crippen molar-refractivity contribution in [3.8, 4) is 0 Å². The molecule has 0 aliphatic carbocycles. The van der Waals surface area contributed by atoms with Gasteiger partial charge in [0, 0.05) is 23.7 Å². The number of carbonyl (C=O) groups is 3. The maximum absolute atomic E-state index is 13.2. The van der Waals surface area contributed by atoms with Crippen LogP contribution in [0.1, 0.15) is 10.5 Å². The molecule has 3 heterocycles. The van der Waals surface area contributed by atoms with Gasteiger partial charge in [-0.05, 0) is 30.3 Å². The smallest absolute Gasteiger partial charge is 0.321 e. The Labute approximate surface area is 168 Å². The third-order valence-corrected chi connectivity index (χ3v) is 5.79. The molecule has 0 saturated carbocycles. The Morgan fingerprint density at radius 2 is 2.11 bits per heavy atom. The van der Waals surface area contributed by atoms with Crippen LogP contribution in [0, 0.1) is 5.95 Å². The number of amides is 4. The predicted octanol–water partition coefficient (Wildman–Crippen LogP) is 3.01. The second-order valence-corrected chi connectivity index (χ2v) is 7.76. The fraction of sp³-hybridized carbons (Fsp3) is 0.222. The number of pyridine rings is 1. The highest BCUT2D eigenvalue weighted by Crippen LogP contribution is 2.35. The van der Waals surface area contributed by atoms with Crippen LogP contribution in [0.4, 0.5) is 20.6 Å². The van der Waals surface area contributed by atoms with Crippen LogP contribution in [0.2, 0.25) is 5.02 Å². The predicted molar refractivity (Wildman–Crippen MR) is 104 cm³/mol. The van der Waals surface area contributed by atoms with E-state index in [1.807, 2.05) is 0 Å². The monoisotopic (exact) mass is 420 g/mol. The third-order valence-electron chi connectivity index (χ3n) is 4.47. The van der Waals surface area contributed by atoms with E-state index in [-0.39, 0.29) is 22.3 Å². The molecule has 0 spiro atoms. The van der Waals surface area contributed by atoms with Crippen molar-refractivity contribution < 1.29 is 18.8 Å². The van der Waals surface area contributed by atoms with Crippen molar-refractivity contribution in [1.29, 1.82) is 0 Å². The molecule has 2 aromatic rings. The molecule has 10 heteroatoms. The Hall–Kier alpha value is -2.65. The molecule has 4 rings (SSSR count). The number of thioether (sulfide) groups is 1. The highest BCUT2D eigenvalue weighted by atomic mass is 35.5. The van der Waals surface area contributed by atoms with Crippen molar-refractivity contribution in [3.05, 3.63) is 53.1 Å². The van der Waals surface area contributed by atoms with E-state index in [9.17, 15) is 18.8 Å². The van der Waals surface area contributed by atoms with Gasteiger partial charge < -0.3 is 10.2 Å². The summed E-state index contributed by atoms with van der Waals surface area (Å²) >= 11 is 7.93. The highest BCUT2D eigenvalue weighted by molar-refractivity contribution is 7.99. The number of nitrogens with one attached hydrogen (secondary N) is 1. The summed E-state index contributed by atoms with van der Waals surface area (Å²) in [5, 5.41) is 2.70. The second kappa shape index (κ2) is 7.40. The highest BCUT2D eigenvalue weighted by Gasteiger charge is 2.47. The van der Waals surface area contributed by atoms with Gasteiger partial charge in [0.2, 0.25) is 5.95 Å². The van der Waals surface area contributed by atoms with Gasteiger partial charge in [-0.15, -0.1) is 0 Å². The van der Waals surface area contributed by atoms with E-state index in [0.29, 0.717) is 18.0 Å². The number of hydrogen-bond acceptors (Lipinski definition) is 5. The number of anilines is 2. The minimum atomic E-state index is -0.762. The molecular formula is C18H14ClFN4O3S. The van der Waals surface area contributed by atoms with Gasteiger partial charge in [0.25, 0.3) is 11.8 Å². The minimum Gasteiger partial charge on any atom is -0.321 e. The molecule has 0 radical (unpaired) electrons. The lowest BCUT2D eigenvalue weighted by molar-refractivity contribution is -0.119. The van der Waals surface area contributed by atoms with Gasteiger partial charge in [0.15, 0.2) is 0 Å². The molecule has 1 unspecified atom stereocenters. The van der Waals surface area contributed by atoms with Crippen molar-refractivity contribution in [2.24, 2.45) is 0 Å². The van der Waals surface area contributed by atoms with Gasteiger partial charge in [-0.1, -0.05) is 17.7 Å². The van der Waals surface area contributed by atoms with Crippen LogP contribution in [0.3, 0.4) is 0 Å². The number of carbonyl (C=O) groups excluding carboxylic acids is 3. The first-order chi connectivity index (χ1) is 13.5. The molecule has 144 valence electrons. The number of imide groups is 1. The van der Waals surface area contributed by atoms with Gasteiger partial charge in [0.05, 0.1) is 10.7 Å². The fourth-order valence-corrected chi connectivity index (χ4v) is 4.43. The van der Waals surface area contributed by atoms with Gasteiger partial charge in [-0.3, -0.25) is 9.59 Å². The van der Waals surface area contributed by atoms with E-state index in [0.717, 1.165) is 16.7 Å². The summed E-state index contributed by atoms with van der Waals surface area (Å²) < 4.78 is 13.2. The molecule has 1 aromatic heterocycles. The average Bonchev–Trinajstić information content (AvgIpc) is 2.93. The summed E-state index contributed by atoms with van der Waals surface area (Å²) in [5.74, 6) is -0.323. The SMILES string of the molecule is O=C(Nc1ccc(N2C(=O)C3CSCCN3C2=O)c(Cl)c1)c1cccc(F)n1. The standard InChI is InChI=1S/C18H14ClFN4O3S/c19-11-8-10(21-16(25)12-2-1-3-15(20)22-12)4-5-13(11)24-17(26)14-9-28-7-6-23(14)18(24)27/h1-5,8,14H,6-7,9H2,(H,21,25). The van der Waals surface area contributed by atoms with Crippen molar-refractivity contribution >= 4 is 52.6 Å². The zero-order valence-electron chi connectivity index (χ0n) is 14.4. The molecule has 7 nitrogen and oxygen atoms in total. The largest absolute Gasteiger partial charge is 0.332 e. The van der Waals surface area contributed by atoms with E-state index in [1.54, 1.807) is 16.7 Å². The zero-order chi connectivity index (χ0) is 19.8. The van der Waals surface area contributed by atoms with Crippen LogP contribution in [0.25, 0.3) is 0 Å². The summed E-state index contributed by atoms with van der Waals surface area (Å²) in [6.45, 7) is 0.517. The first-order valence-corrected chi connectivity index (χ1v) is 9.95. The van der Waals surface area contributed by atoms with Crippen LogP contribution >= 0.6 is 23.4 Å². The molecule has 28 heavy (non-hydrogen) atoms. The molecule has 2 fully saturated rings. The summed E-state index contributed by atoms with van der Waals surface area (Å²) in [6.07, 6.45) is 0. The summed E-state index contributed by atoms with van der Waals surface area (Å²) in [4.78, 5) is 43.6. The number of nitrogens with zero attached hydrogens (tertiary/aromatic N) is 3. The van der Waals surface area contributed by atoms with Crippen molar-refractivity contribution in [2.45, 2.75) is 6.04 Å². The molecular weight excluding hydrogens is 407 g/mol. The summed E-state index contributed by atoms with van der Waals surface area (Å²) in [5.41, 5.74) is 0.509. The number of aromatic nitrogens is 1. The Morgan fingerprint density at radius 1 is 1.29 bits per heavy atom. The topological polar surface area (TPSA) is 82.6 Å². The lowest BCUT2D eigenvalue weighted by Crippen LogP contribution is -2.41. The molecule has 1 atom stereocenters. The van der Waals surface area contributed by atoms with Gasteiger partial charge in [-0.25, -0.2) is 14.7 Å². The molecule has 1 N–H and O–H groups in total. The fourth-order valence-electron chi connectivity index (χ4n) is 3.13. The summed E-state index contributed by atoms with van der Waals surface area (Å²) in [6, 6.07) is 7.48. The first-order valence-electron chi connectivity index (χ1n) is 8.41. The lowest BCUT2D eigenvalue weighted by Gasteiger charge is -2.25. The van der Waals surface area contributed by atoms with Gasteiger partial charge in [-0.2, -0.15) is 16.2 Å². The molecule has 2 aliphatic rings. The number of rotatable bonds is 3. The average molecular weight is 421 g/mol. The van der Waals surface area contributed by atoms with Crippen LogP contribution in [-0.2, 0) is 4.79 Å². The van der Waals surface area contributed by atoms with Crippen LogP contribution in [0.15, 0.2) is 36.4 Å². The Bertz CT molecular complexity index is 965. The minimum absolute atomic E-state index is 0.0838. The lowest BCUT2D eigenvalue weighted by atomic mass is 10.2. The second-order valence-electron chi connectivity index (χ2n) is 6.21. The van der Waals surface area contributed by atoms with E-state index in [1.165, 1.54) is 30.3 Å². The van der Waals surface area contributed by atoms with Crippen LogP contribution < -0.4 is 10.2 Å². The van der Waals surface area contributed by atoms with E-state index in [2.05, 4.69) is 10.3 Å². The Morgan fingerprint density at radius 3 is 2.82 bits per heavy atom. The Balaban J connectivity index is 1.56. The van der Waals surface area contributed by atoms with Crippen molar-refractivity contribution in [1.82, 2.24) is 9.88 Å². The van der Waals surface area contributed by atoms with Crippen molar-refractivity contribution in [2.75, 3.05) is 28.3 Å². The van der Waals surface area contributed by atoms with Crippen LogP contribution in [-0.4, -0.2) is 51.8 Å². The number of fused-ring (bicyclic) bond motifs is 1.